The lowest BCUT2D eigenvalue weighted by atomic mass is 9.62. The molecule has 0 bridgehead atoms. The Kier molecular flexibility index (Phi) is 6.82. The number of carbonyl (C=O) groups excluding carboxylic acids is 3. The number of nitrogens with two attached hydrogens (primary N) is 1. The van der Waals surface area contributed by atoms with Gasteiger partial charge in [0.25, 0.3) is 5.91 Å². The fourth-order valence-corrected chi connectivity index (χ4v) is 6.20. The van der Waals surface area contributed by atoms with Crippen molar-refractivity contribution in [2.45, 2.75) is 25.7 Å². The molecule has 0 aliphatic heterocycles. The van der Waals surface area contributed by atoms with Crippen LogP contribution in [-0.4, -0.2) is 42.5 Å². The number of amides is 1. The van der Waals surface area contributed by atoms with E-state index in [1.165, 1.54) is 30.3 Å². The first kappa shape index (κ1) is 26.9. The number of anilines is 2. The highest BCUT2D eigenvalue weighted by Gasteiger charge is 2.49. The highest BCUT2D eigenvalue weighted by Crippen LogP contribution is 2.50. The summed E-state index contributed by atoms with van der Waals surface area (Å²) >= 11 is 0. The van der Waals surface area contributed by atoms with Crippen molar-refractivity contribution in [3.8, 4) is 0 Å². The van der Waals surface area contributed by atoms with Gasteiger partial charge in [-0.25, -0.2) is 4.39 Å². The maximum atomic E-state index is 14.0. The van der Waals surface area contributed by atoms with Crippen LogP contribution in [0, 0.1) is 33.9 Å². The van der Waals surface area contributed by atoms with Crippen molar-refractivity contribution in [3.63, 3.8) is 0 Å². The number of Topliss-reactive ketones (excluding diaryl/α,β-unsaturated/α-hetero) is 2. The number of nitrogens with one attached hydrogen (secondary N) is 2. The quantitative estimate of drug-likeness (QED) is 0.183. The molecule has 5 N–H and O–H groups in total. The van der Waals surface area contributed by atoms with Crippen molar-refractivity contribution < 1.29 is 23.9 Å². The number of halogens is 1. The number of rotatable bonds is 6. The molecule has 3 aliphatic carbocycles. The first-order valence-electron chi connectivity index (χ1n) is 12.8. The van der Waals surface area contributed by atoms with E-state index in [4.69, 9.17) is 11.1 Å². The lowest BCUT2D eigenvalue weighted by Gasteiger charge is -2.41. The molecule has 0 fully saturated rings. The Morgan fingerprint density at radius 1 is 1.25 bits per heavy atom. The van der Waals surface area contributed by atoms with Crippen LogP contribution in [-0.2, 0) is 22.4 Å². The fourth-order valence-electron chi connectivity index (χ4n) is 6.20. The summed E-state index contributed by atoms with van der Waals surface area (Å²) in [5, 5.41) is 25.8. The summed E-state index contributed by atoms with van der Waals surface area (Å²) in [6.45, 7) is 0. The highest BCUT2D eigenvalue weighted by atomic mass is 19.1. The van der Waals surface area contributed by atoms with Crippen LogP contribution < -0.4 is 16.0 Å². The Morgan fingerprint density at radius 3 is 2.58 bits per heavy atom. The average Bonchev–Trinajstić information content (AvgIpc) is 2.89. The standard InChI is InChI=1S/C29H28FN5O5/c1-35(2)20-11-15(12-21(31)33-17-6-4-16(30)5-7-17)25(34-40)24-19(20)10-14-9-13-3-8-18(29(32)39)26(36)22(13)27(37)23(14)28(24)38/h4-8,11,13-14,22,37H,3,9-10,12H2,1-2H3,(H2,31,33)(H2,32,39). The van der Waals surface area contributed by atoms with E-state index < -0.39 is 29.2 Å². The second-order valence-electron chi connectivity index (χ2n) is 10.6. The zero-order chi connectivity index (χ0) is 28.9. The molecule has 3 aliphatic rings. The smallest absolute Gasteiger partial charge is 0.252 e. The average molecular weight is 546 g/mol. The number of allylic oxidation sites excluding steroid dienone is 3. The third-order valence-corrected chi connectivity index (χ3v) is 7.94. The maximum absolute atomic E-state index is 14.0. The topological polar surface area (TPSA) is 166 Å². The van der Waals surface area contributed by atoms with E-state index in [0.717, 1.165) is 0 Å². The number of nitroso groups, excluding NO2 is 1. The van der Waals surface area contributed by atoms with Crippen LogP contribution in [0.3, 0.4) is 0 Å². The van der Waals surface area contributed by atoms with Crippen LogP contribution in [0.2, 0.25) is 0 Å². The number of ketones is 2. The predicted octanol–water partition coefficient (Wildman–Crippen LogP) is 4.11. The Morgan fingerprint density at radius 2 is 1.95 bits per heavy atom. The minimum atomic E-state index is -1.05. The van der Waals surface area contributed by atoms with E-state index in [9.17, 15) is 28.8 Å². The van der Waals surface area contributed by atoms with Crippen LogP contribution >= 0.6 is 0 Å². The van der Waals surface area contributed by atoms with Gasteiger partial charge in [-0.3, -0.25) is 19.8 Å². The summed E-state index contributed by atoms with van der Waals surface area (Å²) in [5.41, 5.74) is 7.22. The SMILES string of the molecule is CN(C)c1cc(CC(=N)Nc2ccc(F)cc2)c(N=O)c2c1CC1CC3CC=C(C(N)=O)C(=O)C3C(O)=C1C2=O. The molecule has 2 aromatic carbocycles. The van der Waals surface area contributed by atoms with Gasteiger partial charge in [-0.1, -0.05) is 6.08 Å². The molecule has 0 saturated heterocycles. The number of nitrogens with zero attached hydrogens (tertiary/aromatic N) is 2. The summed E-state index contributed by atoms with van der Waals surface area (Å²) in [6.07, 6.45) is 2.57. The number of aliphatic hydroxyl groups excluding tert-OH is 1. The van der Waals surface area contributed by atoms with Gasteiger partial charge in [-0.2, -0.15) is 0 Å². The first-order valence-corrected chi connectivity index (χ1v) is 12.8. The summed E-state index contributed by atoms with van der Waals surface area (Å²) in [7, 11) is 3.60. The number of carbonyl (C=O) groups is 3. The minimum absolute atomic E-state index is 0.0107. The van der Waals surface area contributed by atoms with Gasteiger partial charge in [0.15, 0.2) is 11.6 Å². The van der Waals surface area contributed by atoms with Crippen molar-refractivity contribution in [3.05, 3.63) is 80.7 Å². The predicted molar refractivity (Wildman–Crippen MR) is 147 cm³/mol. The van der Waals surface area contributed by atoms with Gasteiger partial charge in [0.2, 0.25) is 0 Å². The number of hydrogen-bond donors (Lipinski definition) is 4. The monoisotopic (exact) mass is 545 g/mol. The first-order chi connectivity index (χ1) is 19.0. The van der Waals surface area contributed by atoms with Gasteiger partial charge in [0.1, 0.15) is 23.1 Å². The molecule has 5 rings (SSSR count). The molecular formula is C29H28FN5O5. The van der Waals surface area contributed by atoms with E-state index in [1.54, 1.807) is 20.2 Å². The van der Waals surface area contributed by atoms with E-state index in [1.807, 2.05) is 4.90 Å². The molecule has 0 saturated carbocycles. The van der Waals surface area contributed by atoms with Crippen LogP contribution in [0.15, 0.2) is 58.5 Å². The number of primary amides is 1. The normalized spacial score (nSPS) is 21.6. The highest BCUT2D eigenvalue weighted by molar-refractivity contribution is 6.22. The van der Waals surface area contributed by atoms with Crippen LogP contribution in [0.4, 0.5) is 21.5 Å². The van der Waals surface area contributed by atoms with Crippen LogP contribution in [0.1, 0.15) is 34.3 Å². The van der Waals surface area contributed by atoms with Gasteiger partial charge in [0.05, 0.1) is 17.1 Å². The number of hydrogen-bond acceptors (Lipinski definition) is 8. The van der Waals surface area contributed by atoms with Crippen molar-refractivity contribution in [2.75, 3.05) is 24.3 Å². The van der Waals surface area contributed by atoms with Crippen LogP contribution in [0.5, 0.6) is 0 Å². The van der Waals surface area contributed by atoms with Gasteiger partial charge in [-0.15, -0.1) is 4.91 Å². The molecule has 0 aromatic heterocycles. The largest absolute Gasteiger partial charge is 0.511 e. The minimum Gasteiger partial charge on any atom is -0.511 e. The second-order valence-corrected chi connectivity index (χ2v) is 10.6. The summed E-state index contributed by atoms with van der Waals surface area (Å²) in [5.74, 6) is -4.63. The van der Waals surface area contributed by atoms with E-state index >= 15 is 0 Å². The molecule has 11 heteroatoms. The summed E-state index contributed by atoms with van der Waals surface area (Å²) in [4.78, 5) is 52.9. The van der Waals surface area contributed by atoms with E-state index in [2.05, 4.69) is 10.5 Å². The molecule has 0 spiro atoms. The third-order valence-electron chi connectivity index (χ3n) is 7.94. The lowest BCUT2D eigenvalue weighted by molar-refractivity contribution is -0.125. The van der Waals surface area contributed by atoms with Crippen molar-refractivity contribution in [1.82, 2.24) is 0 Å². The van der Waals surface area contributed by atoms with Crippen molar-refractivity contribution in [2.24, 2.45) is 28.7 Å². The lowest BCUT2D eigenvalue weighted by Crippen LogP contribution is -2.42. The number of amidine groups is 1. The Labute approximate surface area is 229 Å². The molecule has 3 atom stereocenters. The zero-order valence-electron chi connectivity index (χ0n) is 22.0. The van der Waals surface area contributed by atoms with E-state index in [0.29, 0.717) is 41.8 Å². The maximum Gasteiger partial charge on any atom is 0.252 e. The Balaban J connectivity index is 1.57. The Bertz CT molecular complexity index is 1540. The zero-order valence-corrected chi connectivity index (χ0v) is 22.0. The van der Waals surface area contributed by atoms with Crippen molar-refractivity contribution >= 4 is 40.4 Å². The van der Waals surface area contributed by atoms with Gasteiger partial charge >= 0.3 is 0 Å². The number of aliphatic hydroxyl groups is 1. The molecule has 206 valence electrons. The van der Waals surface area contributed by atoms with Crippen molar-refractivity contribution in [1.29, 1.82) is 5.41 Å². The molecule has 1 amide bonds. The Hall–Kier alpha value is -4.67. The molecule has 2 aromatic rings. The number of fused-ring (bicyclic) bond motifs is 3. The molecule has 3 unspecified atom stereocenters. The summed E-state index contributed by atoms with van der Waals surface area (Å²) in [6, 6.07) is 7.18. The van der Waals surface area contributed by atoms with Gasteiger partial charge in [-0.05, 0) is 77.7 Å². The van der Waals surface area contributed by atoms with Gasteiger partial charge < -0.3 is 21.1 Å². The third kappa shape index (κ3) is 4.47. The molecule has 10 nitrogen and oxygen atoms in total. The molecule has 40 heavy (non-hydrogen) atoms. The van der Waals surface area contributed by atoms with Gasteiger partial charge in [0, 0.05) is 37.5 Å². The number of benzene rings is 2. The molecule has 0 heterocycles. The molecule has 0 radical (unpaired) electrons. The van der Waals surface area contributed by atoms with E-state index in [-0.39, 0.29) is 52.2 Å². The van der Waals surface area contributed by atoms with Crippen LogP contribution in [0.25, 0.3) is 0 Å². The fraction of sp³-hybridized carbons (Fsp3) is 0.310. The second kappa shape index (κ2) is 10.1. The molecular weight excluding hydrogens is 517 g/mol. The summed E-state index contributed by atoms with van der Waals surface area (Å²) < 4.78 is 13.3.